The molecule has 0 aliphatic carbocycles. The molecular formula is C15H17N7O. The highest BCUT2D eigenvalue weighted by Gasteiger charge is 2.14. The Hall–Kier alpha value is -3.16. The number of imidazole rings is 1. The average molecular weight is 311 g/mol. The molecule has 2 heterocycles. The van der Waals surface area contributed by atoms with Crippen molar-refractivity contribution in [3.05, 3.63) is 35.2 Å². The molecule has 0 atom stereocenters. The predicted octanol–water partition coefficient (Wildman–Crippen LogP) is 1.40. The molecule has 8 nitrogen and oxygen atoms in total. The van der Waals surface area contributed by atoms with Crippen LogP contribution in [0.15, 0.2) is 18.2 Å². The lowest BCUT2D eigenvalue weighted by Crippen LogP contribution is -2.11. The van der Waals surface area contributed by atoms with E-state index in [1.807, 2.05) is 31.5 Å². The Morgan fingerprint density at radius 2 is 1.96 bits per heavy atom. The Labute approximate surface area is 132 Å². The minimum absolute atomic E-state index is 0.145. The lowest BCUT2D eigenvalue weighted by atomic mass is 10.1. The molecule has 1 aromatic carbocycles. The van der Waals surface area contributed by atoms with Gasteiger partial charge in [0.25, 0.3) is 0 Å². The Kier molecular flexibility index (Phi) is 3.36. The van der Waals surface area contributed by atoms with Crippen LogP contribution in [0.25, 0.3) is 11.2 Å². The smallest absolute Gasteiger partial charge is 0.248 e. The predicted molar refractivity (Wildman–Crippen MR) is 88.4 cm³/mol. The zero-order valence-electron chi connectivity index (χ0n) is 13.1. The first-order valence-corrected chi connectivity index (χ1v) is 7.01. The molecule has 8 heteroatoms. The molecule has 0 radical (unpaired) electrons. The Morgan fingerprint density at radius 1 is 1.22 bits per heavy atom. The van der Waals surface area contributed by atoms with Gasteiger partial charge in [-0.1, -0.05) is 6.07 Å². The van der Waals surface area contributed by atoms with Crippen molar-refractivity contribution in [2.24, 2.45) is 12.8 Å². The summed E-state index contributed by atoms with van der Waals surface area (Å²) >= 11 is 0. The molecule has 0 saturated heterocycles. The molecule has 0 spiro atoms. The molecule has 3 aromatic rings. The van der Waals surface area contributed by atoms with Gasteiger partial charge in [-0.05, 0) is 31.5 Å². The summed E-state index contributed by atoms with van der Waals surface area (Å²) in [7, 11) is 1.86. The van der Waals surface area contributed by atoms with E-state index >= 15 is 0 Å². The number of aromatic nitrogens is 4. The Bertz CT molecular complexity index is 929. The number of amides is 1. The second-order valence-electron chi connectivity index (χ2n) is 5.34. The Morgan fingerprint density at radius 3 is 2.65 bits per heavy atom. The minimum atomic E-state index is -0.492. The van der Waals surface area contributed by atoms with E-state index in [9.17, 15) is 4.79 Å². The first-order chi connectivity index (χ1) is 10.9. The number of nitrogens with two attached hydrogens (primary N) is 2. The quantitative estimate of drug-likeness (QED) is 0.671. The number of aryl methyl sites for hydroxylation is 3. The van der Waals surface area contributed by atoms with Crippen LogP contribution in [0, 0.1) is 13.8 Å². The average Bonchev–Trinajstić information content (AvgIpc) is 2.77. The lowest BCUT2D eigenvalue weighted by Gasteiger charge is -2.11. The van der Waals surface area contributed by atoms with Crippen LogP contribution in [-0.4, -0.2) is 25.4 Å². The van der Waals surface area contributed by atoms with Crippen molar-refractivity contribution < 1.29 is 4.79 Å². The van der Waals surface area contributed by atoms with Crippen molar-refractivity contribution in [2.45, 2.75) is 13.8 Å². The second kappa shape index (κ2) is 5.24. The van der Waals surface area contributed by atoms with Gasteiger partial charge in [-0.2, -0.15) is 9.97 Å². The molecule has 23 heavy (non-hydrogen) atoms. The number of carbonyl (C=O) groups excluding carboxylic acids is 1. The third-order valence-electron chi connectivity index (χ3n) is 3.73. The van der Waals surface area contributed by atoms with E-state index in [4.69, 9.17) is 11.5 Å². The number of fused-ring (bicyclic) bond motifs is 1. The van der Waals surface area contributed by atoms with Crippen LogP contribution in [0.3, 0.4) is 0 Å². The lowest BCUT2D eigenvalue weighted by molar-refractivity contribution is 0.100. The molecule has 2 aromatic heterocycles. The number of nitrogens with one attached hydrogen (secondary N) is 1. The summed E-state index contributed by atoms with van der Waals surface area (Å²) in [5.41, 5.74) is 14.4. The number of nitrogens with zero attached hydrogens (tertiary/aromatic N) is 4. The fourth-order valence-corrected chi connectivity index (χ4v) is 2.31. The standard InChI is InChI=1S/C15H17N7O/c1-7-4-5-9(12(16)23)6-10(7)19-13-11-14(21-15(17)20-13)22(3)8(2)18-11/h4-6H,1-3H3,(H2,16,23)(H3,17,19,20,21). The first-order valence-electron chi connectivity index (χ1n) is 7.01. The van der Waals surface area contributed by atoms with E-state index in [1.54, 1.807) is 12.1 Å². The number of primary amides is 1. The number of nitrogen functional groups attached to an aromatic ring is 1. The molecule has 3 rings (SSSR count). The number of rotatable bonds is 3. The largest absolute Gasteiger partial charge is 0.368 e. The molecule has 0 aliphatic heterocycles. The summed E-state index contributed by atoms with van der Waals surface area (Å²) < 4.78 is 1.84. The highest BCUT2D eigenvalue weighted by Crippen LogP contribution is 2.26. The molecule has 0 unspecified atom stereocenters. The summed E-state index contributed by atoms with van der Waals surface area (Å²) in [4.78, 5) is 24.3. The van der Waals surface area contributed by atoms with Crippen LogP contribution in [0.2, 0.25) is 0 Å². The van der Waals surface area contributed by atoms with Crippen LogP contribution < -0.4 is 16.8 Å². The van der Waals surface area contributed by atoms with Gasteiger partial charge in [-0.3, -0.25) is 4.79 Å². The van der Waals surface area contributed by atoms with Crippen molar-refractivity contribution in [3.63, 3.8) is 0 Å². The molecule has 0 fully saturated rings. The maximum absolute atomic E-state index is 11.4. The minimum Gasteiger partial charge on any atom is -0.368 e. The number of benzene rings is 1. The van der Waals surface area contributed by atoms with Gasteiger partial charge in [-0.15, -0.1) is 0 Å². The van der Waals surface area contributed by atoms with E-state index in [2.05, 4.69) is 20.3 Å². The van der Waals surface area contributed by atoms with Crippen molar-refractivity contribution in [1.82, 2.24) is 19.5 Å². The molecule has 0 saturated carbocycles. The fourth-order valence-electron chi connectivity index (χ4n) is 2.31. The van der Waals surface area contributed by atoms with Gasteiger partial charge in [0.15, 0.2) is 17.0 Å². The van der Waals surface area contributed by atoms with Crippen LogP contribution in [-0.2, 0) is 7.05 Å². The highest BCUT2D eigenvalue weighted by molar-refractivity contribution is 5.95. The van der Waals surface area contributed by atoms with Gasteiger partial charge in [0.05, 0.1) is 0 Å². The van der Waals surface area contributed by atoms with Crippen molar-refractivity contribution in [1.29, 1.82) is 0 Å². The molecule has 118 valence electrons. The molecule has 5 N–H and O–H groups in total. The van der Waals surface area contributed by atoms with E-state index in [0.717, 1.165) is 11.4 Å². The van der Waals surface area contributed by atoms with E-state index in [-0.39, 0.29) is 5.95 Å². The summed E-state index contributed by atoms with van der Waals surface area (Å²) in [6, 6.07) is 5.17. The van der Waals surface area contributed by atoms with Gasteiger partial charge >= 0.3 is 0 Å². The van der Waals surface area contributed by atoms with Crippen LogP contribution in [0.1, 0.15) is 21.7 Å². The van der Waals surface area contributed by atoms with Gasteiger partial charge < -0.3 is 21.4 Å². The Balaban J connectivity index is 2.14. The summed E-state index contributed by atoms with van der Waals surface area (Å²) in [6.45, 7) is 3.79. The number of anilines is 3. The second-order valence-corrected chi connectivity index (χ2v) is 5.34. The molecule has 0 aliphatic rings. The third kappa shape index (κ3) is 2.54. The monoisotopic (exact) mass is 311 g/mol. The van der Waals surface area contributed by atoms with Crippen molar-refractivity contribution >= 4 is 34.5 Å². The summed E-state index contributed by atoms with van der Waals surface area (Å²) in [6.07, 6.45) is 0. The topological polar surface area (TPSA) is 125 Å². The third-order valence-corrected chi connectivity index (χ3v) is 3.73. The number of hydrogen-bond donors (Lipinski definition) is 3. The van der Waals surface area contributed by atoms with E-state index in [1.165, 1.54) is 0 Å². The maximum Gasteiger partial charge on any atom is 0.248 e. The maximum atomic E-state index is 11.4. The van der Waals surface area contributed by atoms with Gasteiger partial charge in [-0.25, -0.2) is 4.98 Å². The first kappa shape index (κ1) is 14.8. The van der Waals surface area contributed by atoms with Crippen LogP contribution in [0.4, 0.5) is 17.5 Å². The zero-order valence-corrected chi connectivity index (χ0v) is 13.1. The van der Waals surface area contributed by atoms with Crippen molar-refractivity contribution in [2.75, 3.05) is 11.1 Å². The van der Waals surface area contributed by atoms with Gasteiger partial charge in [0.2, 0.25) is 11.9 Å². The zero-order chi connectivity index (χ0) is 16.7. The fraction of sp³-hybridized carbons (Fsp3) is 0.200. The summed E-state index contributed by atoms with van der Waals surface area (Å²) in [5, 5.41) is 3.18. The van der Waals surface area contributed by atoms with Crippen molar-refractivity contribution in [3.8, 4) is 0 Å². The van der Waals surface area contributed by atoms with E-state index in [0.29, 0.717) is 28.2 Å². The van der Waals surface area contributed by atoms with Crippen LogP contribution >= 0.6 is 0 Å². The number of hydrogen-bond acceptors (Lipinski definition) is 6. The molecule has 0 bridgehead atoms. The van der Waals surface area contributed by atoms with Crippen LogP contribution in [0.5, 0.6) is 0 Å². The highest BCUT2D eigenvalue weighted by atomic mass is 16.1. The SMILES string of the molecule is Cc1ccc(C(N)=O)cc1Nc1nc(N)nc2c1nc(C)n2C. The molecular weight excluding hydrogens is 294 g/mol. The summed E-state index contributed by atoms with van der Waals surface area (Å²) in [5.74, 6) is 0.937. The number of carbonyl (C=O) groups is 1. The van der Waals surface area contributed by atoms with E-state index < -0.39 is 5.91 Å². The van der Waals surface area contributed by atoms with Gasteiger partial charge in [0, 0.05) is 18.3 Å². The normalized spacial score (nSPS) is 10.9. The molecule has 1 amide bonds. The van der Waals surface area contributed by atoms with Gasteiger partial charge in [0.1, 0.15) is 5.82 Å².